The van der Waals surface area contributed by atoms with Crippen LogP contribution >= 0.6 is 0 Å². The van der Waals surface area contributed by atoms with E-state index in [9.17, 15) is 0 Å². The number of anilines is 3. The zero-order chi connectivity index (χ0) is 36.7. The smallest absolute Gasteiger partial charge is 0.0788 e. The van der Waals surface area contributed by atoms with Gasteiger partial charge in [0, 0.05) is 43.9 Å². The van der Waals surface area contributed by atoms with Crippen LogP contribution in [0.2, 0.25) is 0 Å². The number of hydrogen-bond acceptors (Lipinski definition) is 2. The number of benzene rings is 9. The molecule has 0 aliphatic carbocycles. The van der Waals surface area contributed by atoms with Crippen molar-refractivity contribution in [2.45, 2.75) is 0 Å². The van der Waals surface area contributed by atoms with Crippen LogP contribution in [0.4, 0.5) is 17.1 Å². The molecule has 3 nitrogen and oxygen atoms in total. The van der Waals surface area contributed by atoms with Crippen molar-refractivity contribution in [2.24, 2.45) is 0 Å². The van der Waals surface area contributed by atoms with Gasteiger partial charge in [-0.1, -0.05) is 140 Å². The van der Waals surface area contributed by atoms with Crippen molar-refractivity contribution < 1.29 is 0 Å². The molecular formula is C53H33N3. The molecule has 56 heavy (non-hydrogen) atoms. The van der Waals surface area contributed by atoms with Gasteiger partial charge in [0.1, 0.15) is 0 Å². The lowest BCUT2D eigenvalue weighted by molar-refractivity contribution is 1.18. The fourth-order valence-corrected chi connectivity index (χ4v) is 9.17. The molecular weight excluding hydrogens is 679 g/mol. The lowest BCUT2D eigenvalue weighted by Gasteiger charge is -2.35. The Hall–Kier alpha value is -7.49. The van der Waals surface area contributed by atoms with Crippen molar-refractivity contribution in [1.82, 2.24) is 9.55 Å². The zero-order valence-electron chi connectivity index (χ0n) is 30.4. The van der Waals surface area contributed by atoms with Crippen molar-refractivity contribution in [3.63, 3.8) is 0 Å². The highest BCUT2D eigenvalue weighted by molar-refractivity contribution is 6.17. The molecule has 0 bridgehead atoms. The Morgan fingerprint density at radius 2 is 1.00 bits per heavy atom. The van der Waals surface area contributed by atoms with Crippen molar-refractivity contribution in [1.29, 1.82) is 0 Å². The van der Waals surface area contributed by atoms with E-state index in [0.29, 0.717) is 0 Å². The Morgan fingerprint density at radius 1 is 0.357 bits per heavy atom. The van der Waals surface area contributed by atoms with E-state index in [1.165, 1.54) is 65.9 Å². The molecule has 260 valence electrons. The molecule has 12 rings (SSSR count). The summed E-state index contributed by atoms with van der Waals surface area (Å²) in [4.78, 5) is 8.08. The second kappa shape index (κ2) is 12.0. The molecule has 3 heterocycles. The highest BCUT2D eigenvalue weighted by Crippen LogP contribution is 2.53. The van der Waals surface area contributed by atoms with E-state index in [4.69, 9.17) is 4.98 Å². The average Bonchev–Trinajstić information content (AvgIpc) is 3.60. The number of nitrogens with zero attached hydrogens (tertiary/aromatic N) is 3. The minimum absolute atomic E-state index is 0.939. The summed E-state index contributed by atoms with van der Waals surface area (Å²) >= 11 is 0. The minimum Gasteiger partial charge on any atom is -0.309 e. The number of pyridine rings is 1. The molecule has 0 amide bonds. The van der Waals surface area contributed by atoms with Crippen LogP contribution in [0.1, 0.15) is 0 Å². The predicted molar refractivity (Wildman–Crippen MR) is 236 cm³/mol. The molecule has 1 aliphatic rings. The highest BCUT2D eigenvalue weighted by atomic mass is 15.2. The monoisotopic (exact) mass is 711 g/mol. The van der Waals surface area contributed by atoms with Crippen LogP contribution in [-0.4, -0.2) is 9.55 Å². The molecule has 0 N–H and O–H groups in total. The van der Waals surface area contributed by atoms with Crippen LogP contribution in [0.5, 0.6) is 0 Å². The van der Waals surface area contributed by atoms with E-state index < -0.39 is 0 Å². The summed E-state index contributed by atoms with van der Waals surface area (Å²) in [5.74, 6) is 0. The fourth-order valence-electron chi connectivity index (χ4n) is 9.17. The maximum absolute atomic E-state index is 5.61. The van der Waals surface area contributed by atoms with E-state index in [1.54, 1.807) is 0 Å². The first-order chi connectivity index (χ1) is 27.8. The third-order valence-electron chi connectivity index (χ3n) is 11.6. The SMILES string of the molecule is c1ccc(-n2c3ccccc3c3cc(-c4nc(-c5ccccc5N5c6cc7ccccc7cc6-c6cccc7cccc5c67)cc5ccccc45)ccc32)cc1. The summed E-state index contributed by atoms with van der Waals surface area (Å²) in [7, 11) is 0. The fraction of sp³-hybridized carbons (Fsp3) is 0. The molecule has 0 atom stereocenters. The van der Waals surface area contributed by atoms with Crippen molar-refractivity contribution in [3.05, 3.63) is 200 Å². The third kappa shape index (κ3) is 4.55. The first-order valence-corrected chi connectivity index (χ1v) is 19.2. The number of fused-ring (bicyclic) bond motifs is 7. The Morgan fingerprint density at radius 3 is 1.88 bits per heavy atom. The number of aromatic nitrogens is 2. The van der Waals surface area contributed by atoms with Gasteiger partial charge in [0.25, 0.3) is 0 Å². The van der Waals surface area contributed by atoms with Gasteiger partial charge in [-0.05, 0) is 87.8 Å². The topological polar surface area (TPSA) is 21.1 Å². The summed E-state index contributed by atoms with van der Waals surface area (Å²) in [6.07, 6.45) is 0. The van der Waals surface area contributed by atoms with Gasteiger partial charge in [-0.25, -0.2) is 4.98 Å². The minimum atomic E-state index is 0.939. The van der Waals surface area contributed by atoms with Gasteiger partial charge in [-0.15, -0.1) is 0 Å². The van der Waals surface area contributed by atoms with E-state index in [-0.39, 0.29) is 0 Å². The van der Waals surface area contributed by atoms with Crippen LogP contribution < -0.4 is 4.90 Å². The zero-order valence-corrected chi connectivity index (χ0v) is 30.4. The third-order valence-corrected chi connectivity index (χ3v) is 11.6. The summed E-state index contributed by atoms with van der Waals surface area (Å²) in [5, 5.41) is 9.68. The Kier molecular flexibility index (Phi) is 6.63. The van der Waals surface area contributed by atoms with E-state index in [1.807, 2.05) is 0 Å². The van der Waals surface area contributed by atoms with Crippen molar-refractivity contribution in [3.8, 4) is 39.3 Å². The van der Waals surface area contributed by atoms with Crippen LogP contribution in [0.25, 0.3) is 93.5 Å². The maximum atomic E-state index is 5.61. The molecule has 11 aromatic rings. The summed E-state index contributed by atoms with van der Waals surface area (Å²) in [6, 6.07) is 72.6. The standard InChI is InChI=1S/C53H33N3/c1-2-19-39(20-3-1)55-47-25-10-8-22-41(47)44-31-38(28-29-49(44)55)53-40-21-7-6-16-37(40)32-46(54-53)43-23-9-11-26-48(43)56-50-27-13-18-34-17-12-24-42(52(34)50)45-30-35-14-4-5-15-36(35)33-51(45)56/h1-33H. The summed E-state index contributed by atoms with van der Waals surface area (Å²) in [5.41, 5.74) is 13.6. The van der Waals surface area contributed by atoms with Gasteiger partial charge in [0.15, 0.2) is 0 Å². The summed E-state index contributed by atoms with van der Waals surface area (Å²) < 4.78 is 2.37. The van der Waals surface area contributed by atoms with Gasteiger partial charge in [-0.3, -0.25) is 0 Å². The number of hydrogen-bond donors (Lipinski definition) is 0. The predicted octanol–water partition coefficient (Wildman–Crippen LogP) is 14.4. The molecule has 0 saturated carbocycles. The van der Waals surface area contributed by atoms with Gasteiger partial charge in [0.05, 0.1) is 39.5 Å². The molecule has 2 aromatic heterocycles. The molecule has 9 aromatic carbocycles. The molecule has 0 radical (unpaired) electrons. The first-order valence-electron chi connectivity index (χ1n) is 19.2. The van der Waals surface area contributed by atoms with E-state index >= 15 is 0 Å². The number of rotatable bonds is 4. The first kappa shape index (κ1) is 30.9. The van der Waals surface area contributed by atoms with Gasteiger partial charge in [0.2, 0.25) is 0 Å². The highest BCUT2D eigenvalue weighted by Gasteiger charge is 2.28. The van der Waals surface area contributed by atoms with E-state index in [2.05, 4.69) is 210 Å². The average molecular weight is 712 g/mol. The van der Waals surface area contributed by atoms with Crippen molar-refractivity contribution >= 4 is 71.2 Å². The molecule has 3 heteroatoms. The van der Waals surface area contributed by atoms with Crippen LogP contribution in [0.3, 0.4) is 0 Å². The molecule has 1 aliphatic heterocycles. The van der Waals surface area contributed by atoms with Crippen LogP contribution in [0, 0.1) is 0 Å². The Labute approximate surface area is 324 Å². The number of para-hydroxylation sites is 3. The molecule has 0 unspecified atom stereocenters. The molecule has 0 spiro atoms. The lowest BCUT2D eigenvalue weighted by atomic mass is 9.88. The lowest BCUT2D eigenvalue weighted by Crippen LogP contribution is -2.16. The van der Waals surface area contributed by atoms with Gasteiger partial charge < -0.3 is 9.47 Å². The van der Waals surface area contributed by atoms with E-state index in [0.717, 1.165) is 44.7 Å². The summed E-state index contributed by atoms with van der Waals surface area (Å²) in [6.45, 7) is 0. The Bertz CT molecular complexity index is 3370. The largest absolute Gasteiger partial charge is 0.309 e. The Balaban J connectivity index is 1.10. The van der Waals surface area contributed by atoms with Gasteiger partial charge >= 0.3 is 0 Å². The molecule has 0 saturated heterocycles. The second-order valence-electron chi connectivity index (χ2n) is 14.7. The second-order valence-corrected chi connectivity index (χ2v) is 14.7. The van der Waals surface area contributed by atoms with Crippen LogP contribution in [-0.2, 0) is 0 Å². The van der Waals surface area contributed by atoms with Crippen molar-refractivity contribution in [2.75, 3.05) is 4.90 Å². The van der Waals surface area contributed by atoms with Crippen LogP contribution in [0.15, 0.2) is 200 Å². The molecule has 0 fully saturated rings. The normalized spacial score (nSPS) is 12.2. The maximum Gasteiger partial charge on any atom is 0.0788 e. The van der Waals surface area contributed by atoms with Gasteiger partial charge in [-0.2, -0.15) is 0 Å². The quantitative estimate of drug-likeness (QED) is 0.181.